The van der Waals surface area contributed by atoms with Gasteiger partial charge in [0.05, 0.1) is 15.9 Å². The van der Waals surface area contributed by atoms with E-state index >= 15 is 0 Å². The highest BCUT2D eigenvalue weighted by Crippen LogP contribution is 2.35. The van der Waals surface area contributed by atoms with Gasteiger partial charge in [0.25, 0.3) is 9.84 Å². The maximum atomic E-state index is 12.9. The molecule has 0 amide bonds. The molecule has 0 aliphatic carbocycles. The first-order chi connectivity index (χ1) is 12.6. The molecular formula is C17H12ClF3N2O3S. The summed E-state index contributed by atoms with van der Waals surface area (Å²) in [4.78, 5) is 6.15. The Labute approximate surface area is 157 Å². The molecule has 0 atom stereocenters. The van der Waals surface area contributed by atoms with Crippen LogP contribution in [-0.2, 0) is 16.4 Å². The number of hydrogen-bond donors (Lipinski definition) is 1. The zero-order chi connectivity index (χ0) is 19.8. The maximum Gasteiger partial charge on any atom is 0.501 e. The Kier molecular flexibility index (Phi) is 4.92. The summed E-state index contributed by atoms with van der Waals surface area (Å²) in [6, 6.07) is 8.67. The summed E-state index contributed by atoms with van der Waals surface area (Å²) in [5.74, 6) is 0.828. The Morgan fingerprint density at radius 2 is 1.85 bits per heavy atom. The minimum Gasteiger partial charge on any atom is -0.486 e. The molecule has 10 heteroatoms. The van der Waals surface area contributed by atoms with Gasteiger partial charge < -0.3 is 9.72 Å². The van der Waals surface area contributed by atoms with Crippen molar-refractivity contribution in [3.63, 3.8) is 0 Å². The Morgan fingerprint density at radius 3 is 2.44 bits per heavy atom. The van der Waals surface area contributed by atoms with E-state index in [1.165, 1.54) is 6.07 Å². The summed E-state index contributed by atoms with van der Waals surface area (Å²) in [7, 11) is -5.53. The van der Waals surface area contributed by atoms with Gasteiger partial charge in [-0.1, -0.05) is 24.3 Å². The monoisotopic (exact) mass is 416 g/mol. The summed E-state index contributed by atoms with van der Waals surface area (Å²) < 4.78 is 67.8. The van der Waals surface area contributed by atoms with E-state index in [2.05, 4.69) is 16.5 Å². The Balaban J connectivity index is 1.98. The normalized spacial score (nSPS) is 12.3. The number of sulfone groups is 1. The fourth-order valence-electron chi connectivity index (χ4n) is 2.44. The van der Waals surface area contributed by atoms with Gasteiger partial charge in [-0.05, 0) is 36.4 Å². The molecule has 0 saturated heterocycles. The molecule has 2 aromatic carbocycles. The Hall–Kier alpha value is -2.52. The zero-order valence-electron chi connectivity index (χ0n) is 13.5. The highest BCUT2D eigenvalue weighted by atomic mass is 35.5. The van der Waals surface area contributed by atoms with Gasteiger partial charge in [0.1, 0.15) is 18.2 Å². The second kappa shape index (κ2) is 6.90. The third-order valence-electron chi connectivity index (χ3n) is 3.69. The second-order valence-corrected chi connectivity index (χ2v) is 7.80. The van der Waals surface area contributed by atoms with Crippen molar-refractivity contribution < 1.29 is 26.3 Å². The highest BCUT2D eigenvalue weighted by Gasteiger charge is 2.48. The van der Waals surface area contributed by atoms with Crippen molar-refractivity contribution in [3.05, 3.63) is 59.4 Å². The number of halogens is 4. The number of aromatic amines is 1. The van der Waals surface area contributed by atoms with Crippen LogP contribution >= 0.6 is 11.6 Å². The van der Waals surface area contributed by atoms with Crippen LogP contribution < -0.4 is 4.74 Å². The first-order valence-corrected chi connectivity index (χ1v) is 9.33. The number of ether oxygens (including phenoxy) is 1. The smallest absolute Gasteiger partial charge is 0.486 e. The SMILES string of the molecule is C=Cc1c(S(=O)(=O)C(F)(F)F)ccc2[nH]c(COc3ccc(Cl)cc3)nc12. The number of hydrogen-bond acceptors (Lipinski definition) is 4. The molecule has 27 heavy (non-hydrogen) atoms. The molecule has 5 nitrogen and oxygen atoms in total. The van der Waals surface area contributed by atoms with Crippen molar-refractivity contribution in [2.75, 3.05) is 0 Å². The van der Waals surface area contributed by atoms with Gasteiger partial charge in [0.2, 0.25) is 0 Å². The van der Waals surface area contributed by atoms with Crippen LogP contribution in [0.3, 0.4) is 0 Å². The van der Waals surface area contributed by atoms with E-state index < -0.39 is 20.2 Å². The van der Waals surface area contributed by atoms with E-state index in [0.717, 1.165) is 12.1 Å². The lowest BCUT2D eigenvalue weighted by Crippen LogP contribution is -2.24. The van der Waals surface area contributed by atoms with Crippen LogP contribution in [0.1, 0.15) is 11.4 Å². The van der Waals surface area contributed by atoms with Crippen molar-refractivity contribution in [2.45, 2.75) is 17.0 Å². The summed E-state index contributed by atoms with van der Waals surface area (Å²) in [5.41, 5.74) is -5.22. The van der Waals surface area contributed by atoms with Crippen LogP contribution in [0.25, 0.3) is 17.1 Å². The average molecular weight is 417 g/mol. The predicted molar refractivity (Wildman–Crippen MR) is 95.2 cm³/mol. The lowest BCUT2D eigenvalue weighted by molar-refractivity contribution is -0.0436. The molecular weight excluding hydrogens is 405 g/mol. The lowest BCUT2D eigenvalue weighted by Gasteiger charge is -2.10. The van der Waals surface area contributed by atoms with Crippen LogP contribution in [0.15, 0.2) is 47.9 Å². The third-order valence-corrected chi connectivity index (χ3v) is 5.49. The van der Waals surface area contributed by atoms with Crippen molar-refractivity contribution in [1.82, 2.24) is 9.97 Å². The minimum atomic E-state index is -5.53. The van der Waals surface area contributed by atoms with Gasteiger partial charge in [-0.15, -0.1) is 0 Å². The summed E-state index contributed by atoms with van der Waals surface area (Å²) >= 11 is 5.79. The molecule has 142 valence electrons. The van der Waals surface area contributed by atoms with Gasteiger partial charge in [0.15, 0.2) is 0 Å². The van der Waals surface area contributed by atoms with Crippen LogP contribution in [0.4, 0.5) is 13.2 Å². The summed E-state index contributed by atoms with van der Waals surface area (Å²) in [6.45, 7) is 3.41. The molecule has 0 aliphatic rings. The molecule has 3 rings (SSSR count). The summed E-state index contributed by atoms with van der Waals surface area (Å²) in [6.07, 6.45) is 1.03. The first kappa shape index (κ1) is 19.2. The number of fused-ring (bicyclic) bond motifs is 1. The van der Waals surface area contributed by atoms with Crippen LogP contribution in [0.5, 0.6) is 5.75 Å². The number of H-pyrrole nitrogens is 1. The van der Waals surface area contributed by atoms with Crippen LogP contribution in [0.2, 0.25) is 5.02 Å². The van der Waals surface area contributed by atoms with E-state index in [4.69, 9.17) is 16.3 Å². The van der Waals surface area contributed by atoms with Crippen molar-refractivity contribution in [1.29, 1.82) is 0 Å². The Morgan fingerprint density at radius 1 is 1.19 bits per heavy atom. The van der Waals surface area contributed by atoms with Crippen LogP contribution in [0, 0.1) is 0 Å². The predicted octanol–water partition coefficient (Wildman–Crippen LogP) is 4.73. The molecule has 1 heterocycles. The molecule has 0 aliphatic heterocycles. The molecule has 0 radical (unpaired) electrons. The van der Waals surface area contributed by atoms with Gasteiger partial charge in [-0.3, -0.25) is 0 Å². The number of aromatic nitrogens is 2. The van der Waals surface area contributed by atoms with Gasteiger partial charge >= 0.3 is 5.51 Å². The molecule has 0 spiro atoms. The molecule has 1 aromatic heterocycles. The largest absolute Gasteiger partial charge is 0.501 e. The number of imidazole rings is 1. The molecule has 0 bridgehead atoms. The van der Waals surface area contributed by atoms with E-state index in [9.17, 15) is 21.6 Å². The van der Waals surface area contributed by atoms with Crippen LogP contribution in [-0.4, -0.2) is 23.9 Å². The quantitative estimate of drug-likeness (QED) is 0.652. The molecule has 1 N–H and O–H groups in total. The van der Waals surface area contributed by atoms with E-state index in [1.54, 1.807) is 24.3 Å². The molecule has 3 aromatic rings. The van der Waals surface area contributed by atoms with E-state index in [1.807, 2.05) is 0 Å². The van der Waals surface area contributed by atoms with Gasteiger partial charge in [-0.25, -0.2) is 13.4 Å². The van der Waals surface area contributed by atoms with Crippen molar-refractivity contribution in [3.8, 4) is 5.75 Å². The number of benzene rings is 2. The molecule has 0 fully saturated rings. The second-order valence-electron chi connectivity index (χ2n) is 5.45. The number of rotatable bonds is 5. The van der Waals surface area contributed by atoms with Crippen molar-refractivity contribution >= 4 is 38.5 Å². The molecule has 0 unspecified atom stereocenters. The fourth-order valence-corrected chi connectivity index (χ4v) is 3.53. The topological polar surface area (TPSA) is 72.0 Å². The number of nitrogens with one attached hydrogen (secondary N) is 1. The maximum absolute atomic E-state index is 12.9. The zero-order valence-corrected chi connectivity index (χ0v) is 15.1. The van der Waals surface area contributed by atoms with Crippen molar-refractivity contribution in [2.24, 2.45) is 0 Å². The van der Waals surface area contributed by atoms with E-state index in [0.29, 0.717) is 22.1 Å². The van der Waals surface area contributed by atoms with Gasteiger partial charge in [0, 0.05) is 10.6 Å². The fraction of sp³-hybridized carbons (Fsp3) is 0.118. The minimum absolute atomic E-state index is 0.00570. The highest BCUT2D eigenvalue weighted by molar-refractivity contribution is 7.92. The molecule has 0 saturated carbocycles. The van der Waals surface area contributed by atoms with Gasteiger partial charge in [-0.2, -0.15) is 13.2 Å². The Bertz CT molecular complexity index is 1110. The first-order valence-electron chi connectivity index (χ1n) is 7.47. The average Bonchev–Trinajstić information content (AvgIpc) is 3.02. The number of alkyl halides is 3. The summed E-state index contributed by atoms with van der Waals surface area (Å²) in [5, 5.41) is 0.542. The number of nitrogens with zero attached hydrogens (tertiary/aromatic N) is 1. The van der Waals surface area contributed by atoms with E-state index in [-0.39, 0.29) is 17.7 Å². The third kappa shape index (κ3) is 3.65. The lowest BCUT2D eigenvalue weighted by atomic mass is 10.2. The standard InChI is InChI=1S/C17H12ClF3N2O3S/c1-2-12-14(27(24,25)17(19,20)21)8-7-13-16(12)23-15(22-13)9-26-11-5-3-10(18)4-6-11/h2-8H,1,9H2,(H,22,23).